The number of methoxy groups -OCH3 is 1. The summed E-state index contributed by atoms with van der Waals surface area (Å²) in [6.07, 6.45) is 2.98. The summed E-state index contributed by atoms with van der Waals surface area (Å²) in [5, 5.41) is 7.02. The average Bonchev–Trinajstić information content (AvgIpc) is 3.45. The molecule has 0 unspecified atom stereocenters. The largest absolute Gasteiger partial charge is 0.453 e. The molecule has 29 heavy (non-hydrogen) atoms. The molecule has 1 heterocycles. The molecular weight excluding hydrogens is 376 g/mol. The molecule has 1 N–H and O–H groups in total. The van der Waals surface area contributed by atoms with E-state index in [1.807, 2.05) is 25.1 Å². The van der Waals surface area contributed by atoms with Crippen molar-refractivity contribution in [2.45, 2.75) is 32.2 Å². The minimum absolute atomic E-state index is 0.180. The predicted octanol–water partition coefficient (Wildman–Crippen LogP) is 4.86. The van der Waals surface area contributed by atoms with Crippen LogP contribution in [0.1, 0.15) is 35.4 Å². The molecule has 0 spiro atoms. The Balaban J connectivity index is 1.62. The van der Waals surface area contributed by atoms with Crippen molar-refractivity contribution in [1.29, 1.82) is 0 Å². The summed E-state index contributed by atoms with van der Waals surface area (Å²) in [6, 6.07) is 10.2. The number of ether oxygens (including phenoxy) is 1. The number of alkyl carbamates (subject to hydrolysis) is 1. The van der Waals surface area contributed by atoms with E-state index in [1.165, 1.54) is 23.9 Å². The van der Waals surface area contributed by atoms with Crippen molar-refractivity contribution >= 4 is 6.09 Å². The maximum absolute atomic E-state index is 14.6. The number of amides is 1. The lowest BCUT2D eigenvalue weighted by molar-refractivity contribution is 0.170. The van der Waals surface area contributed by atoms with Gasteiger partial charge in [0.05, 0.1) is 12.8 Å². The molecule has 0 bridgehead atoms. The van der Waals surface area contributed by atoms with Gasteiger partial charge in [-0.25, -0.2) is 18.3 Å². The first-order valence-electron chi connectivity index (χ1n) is 9.43. The van der Waals surface area contributed by atoms with E-state index < -0.39 is 17.7 Å². The van der Waals surface area contributed by atoms with Gasteiger partial charge in [-0.15, -0.1) is 0 Å². The molecule has 7 heteroatoms. The van der Waals surface area contributed by atoms with E-state index in [9.17, 15) is 13.6 Å². The molecule has 2 aromatic carbocycles. The SMILES string of the molecule is COC(=O)NCc1cc(-c2ccn(-c3c(F)cc(C4CC4)cc3F)n2)ccc1C. The summed E-state index contributed by atoms with van der Waals surface area (Å²) in [5.41, 5.74) is 3.78. The molecule has 0 radical (unpaired) electrons. The van der Waals surface area contributed by atoms with Crippen molar-refractivity contribution in [3.8, 4) is 16.9 Å². The van der Waals surface area contributed by atoms with E-state index in [4.69, 9.17) is 0 Å². The van der Waals surface area contributed by atoms with Gasteiger partial charge < -0.3 is 10.1 Å². The highest BCUT2D eigenvalue weighted by molar-refractivity contribution is 5.67. The molecule has 0 aliphatic heterocycles. The van der Waals surface area contributed by atoms with Crippen LogP contribution in [0, 0.1) is 18.6 Å². The molecule has 0 atom stereocenters. The van der Waals surface area contributed by atoms with Gasteiger partial charge in [0.1, 0.15) is 5.69 Å². The van der Waals surface area contributed by atoms with Crippen LogP contribution in [0.4, 0.5) is 13.6 Å². The Bertz CT molecular complexity index is 1050. The number of rotatable bonds is 5. The van der Waals surface area contributed by atoms with Crippen LogP contribution in [-0.2, 0) is 11.3 Å². The van der Waals surface area contributed by atoms with Crippen LogP contribution in [0.15, 0.2) is 42.6 Å². The third kappa shape index (κ3) is 3.99. The van der Waals surface area contributed by atoms with Crippen LogP contribution in [0.5, 0.6) is 0 Å². The Hall–Kier alpha value is -3.22. The third-order valence-corrected chi connectivity index (χ3v) is 5.16. The van der Waals surface area contributed by atoms with E-state index in [2.05, 4.69) is 15.2 Å². The highest BCUT2D eigenvalue weighted by Crippen LogP contribution is 2.41. The van der Waals surface area contributed by atoms with Gasteiger partial charge in [0.15, 0.2) is 11.6 Å². The Kier molecular flexibility index (Phi) is 5.05. The fraction of sp³-hybridized carbons (Fsp3) is 0.273. The lowest BCUT2D eigenvalue weighted by atomic mass is 10.0. The monoisotopic (exact) mass is 397 g/mol. The number of nitrogens with one attached hydrogen (secondary N) is 1. The van der Waals surface area contributed by atoms with E-state index in [0.29, 0.717) is 17.8 Å². The number of aryl methyl sites for hydroxylation is 1. The molecule has 1 amide bonds. The number of aromatic nitrogens is 2. The van der Waals surface area contributed by atoms with Crippen LogP contribution >= 0.6 is 0 Å². The van der Waals surface area contributed by atoms with Gasteiger partial charge in [-0.3, -0.25) is 0 Å². The second-order valence-corrected chi connectivity index (χ2v) is 7.24. The van der Waals surface area contributed by atoms with Crippen molar-refractivity contribution < 1.29 is 18.3 Å². The van der Waals surface area contributed by atoms with Gasteiger partial charge in [-0.05, 0) is 66.6 Å². The Labute approximate surface area is 167 Å². The maximum Gasteiger partial charge on any atom is 0.407 e. The molecule has 150 valence electrons. The zero-order valence-electron chi connectivity index (χ0n) is 16.2. The number of carbonyl (C=O) groups excluding carboxylic acids is 1. The summed E-state index contributed by atoms with van der Waals surface area (Å²) >= 11 is 0. The van der Waals surface area contributed by atoms with E-state index in [0.717, 1.165) is 29.5 Å². The minimum Gasteiger partial charge on any atom is -0.453 e. The summed E-state index contributed by atoms with van der Waals surface area (Å²) in [4.78, 5) is 11.3. The smallest absolute Gasteiger partial charge is 0.407 e. The number of nitrogens with zero attached hydrogens (tertiary/aromatic N) is 2. The van der Waals surface area contributed by atoms with Crippen LogP contribution < -0.4 is 5.32 Å². The molecule has 1 fully saturated rings. The van der Waals surface area contributed by atoms with Crippen molar-refractivity contribution in [3.05, 3.63) is 70.9 Å². The number of carbonyl (C=O) groups is 1. The van der Waals surface area contributed by atoms with E-state index in [-0.39, 0.29) is 11.6 Å². The second kappa shape index (κ2) is 7.66. The number of benzene rings is 2. The first kappa shape index (κ1) is 19.1. The first-order chi connectivity index (χ1) is 14.0. The number of hydrogen-bond donors (Lipinski definition) is 1. The van der Waals surface area contributed by atoms with Crippen LogP contribution in [0.2, 0.25) is 0 Å². The van der Waals surface area contributed by atoms with Gasteiger partial charge in [0.25, 0.3) is 0 Å². The van der Waals surface area contributed by atoms with Gasteiger partial charge in [-0.2, -0.15) is 5.10 Å². The Morgan fingerprint density at radius 2 is 1.93 bits per heavy atom. The van der Waals surface area contributed by atoms with Crippen LogP contribution in [0.3, 0.4) is 0 Å². The normalized spacial score (nSPS) is 13.4. The van der Waals surface area contributed by atoms with Gasteiger partial charge >= 0.3 is 6.09 Å². The quantitative estimate of drug-likeness (QED) is 0.669. The third-order valence-electron chi connectivity index (χ3n) is 5.16. The topological polar surface area (TPSA) is 56.1 Å². The van der Waals surface area contributed by atoms with Crippen molar-refractivity contribution in [2.75, 3.05) is 7.11 Å². The summed E-state index contributed by atoms with van der Waals surface area (Å²) in [5.74, 6) is -0.965. The summed E-state index contributed by atoms with van der Waals surface area (Å²) < 4.78 is 35.0. The van der Waals surface area contributed by atoms with Crippen molar-refractivity contribution in [3.63, 3.8) is 0 Å². The summed E-state index contributed by atoms with van der Waals surface area (Å²) in [6.45, 7) is 2.24. The zero-order chi connectivity index (χ0) is 20.5. The number of hydrogen-bond acceptors (Lipinski definition) is 3. The average molecular weight is 397 g/mol. The molecule has 4 rings (SSSR count). The first-order valence-corrected chi connectivity index (χ1v) is 9.43. The van der Waals surface area contributed by atoms with Gasteiger partial charge in [0, 0.05) is 18.3 Å². The molecule has 3 aromatic rings. The Morgan fingerprint density at radius 3 is 2.59 bits per heavy atom. The van der Waals surface area contributed by atoms with Crippen LogP contribution in [-0.4, -0.2) is 23.0 Å². The predicted molar refractivity (Wildman–Crippen MR) is 105 cm³/mol. The fourth-order valence-electron chi connectivity index (χ4n) is 3.32. The van der Waals surface area contributed by atoms with Gasteiger partial charge in [-0.1, -0.05) is 12.1 Å². The van der Waals surface area contributed by atoms with E-state index >= 15 is 0 Å². The second-order valence-electron chi connectivity index (χ2n) is 7.24. The molecule has 1 saturated carbocycles. The summed E-state index contributed by atoms with van der Waals surface area (Å²) in [7, 11) is 1.31. The maximum atomic E-state index is 14.6. The van der Waals surface area contributed by atoms with Gasteiger partial charge in [0.2, 0.25) is 0 Å². The minimum atomic E-state index is -0.617. The zero-order valence-corrected chi connectivity index (χ0v) is 16.2. The molecule has 1 aliphatic rings. The molecule has 1 aromatic heterocycles. The lowest BCUT2D eigenvalue weighted by Crippen LogP contribution is -2.22. The highest BCUT2D eigenvalue weighted by Gasteiger charge is 2.26. The number of halogens is 2. The molecular formula is C22H21F2N3O2. The van der Waals surface area contributed by atoms with Crippen molar-refractivity contribution in [1.82, 2.24) is 15.1 Å². The van der Waals surface area contributed by atoms with E-state index in [1.54, 1.807) is 12.3 Å². The molecule has 1 aliphatic carbocycles. The standard InChI is InChI=1S/C22H21F2N3O2/c1-13-3-4-15(9-17(13)12-25-22(28)29-2)20-7-8-27(26-20)21-18(23)10-16(11-19(21)24)14-5-6-14/h3-4,7-11,14H,5-6,12H2,1-2H3,(H,25,28). The highest BCUT2D eigenvalue weighted by atomic mass is 19.1. The van der Waals surface area contributed by atoms with Crippen LogP contribution in [0.25, 0.3) is 16.9 Å². The lowest BCUT2D eigenvalue weighted by Gasteiger charge is -2.09. The fourth-order valence-corrected chi connectivity index (χ4v) is 3.32. The molecule has 5 nitrogen and oxygen atoms in total. The Morgan fingerprint density at radius 1 is 1.21 bits per heavy atom. The van der Waals surface area contributed by atoms with Crippen molar-refractivity contribution in [2.24, 2.45) is 0 Å². The molecule has 0 saturated heterocycles.